The molecule has 0 spiro atoms. The van der Waals surface area contributed by atoms with Crippen LogP contribution in [0.1, 0.15) is 33.1 Å². The number of amides is 1. The molecule has 0 aliphatic carbocycles. The van der Waals surface area contributed by atoms with Gasteiger partial charge < -0.3 is 14.7 Å². The molecule has 126 valence electrons. The Morgan fingerprint density at radius 1 is 1.09 bits per heavy atom. The summed E-state index contributed by atoms with van der Waals surface area (Å²) in [7, 11) is 0. The van der Waals surface area contributed by atoms with Crippen molar-refractivity contribution < 1.29 is 4.79 Å². The van der Waals surface area contributed by atoms with E-state index in [9.17, 15) is 4.79 Å². The number of piperidine rings is 1. The molecule has 0 atom stereocenters. The van der Waals surface area contributed by atoms with Crippen LogP contribution in [-0.4, -0.2) is 60.0 Å². The molecule has 0 N–H and O–H groups in total. The Bertz CT molecular complexity index is 542. The van der Waals surface area contributed by atoms with E-state index in [0.717, 1.165) is 44.5 Å². The SMILES string of the molecule is CC(C)CN1CCN(c2ccnc(N3CCCCC3)n2)CC1=O. The summed E-state index contributed by atoms with van der Waals surface area (Å²) in [5, 5.41) is 0. The van der Waals surface area contributed by atoms with Crippen LogP contribution in [0.15, 0.2) is 12.3 Å². The Hall–Kier alpha value is -1.85. The smallest absolute Gasteiger partial charge is 0.242 e. The van der Waals surface area contributed by atoms with Crippen molar-refractivity contribution in [2.75, 3.05) is 49.1 Å². The minimum atomic E-state index is 0.197. The molecule has 1 aromatic rings. The van der Waals surface area contributed by atoms with E-state index in [1.165, 1.54) is 19.3 Å². The molecule has 1 aromatic heterocycles. The van der Waals surface area contributed by atoms with Crippen molar-refractivity contribution in [2.45, 2.75) is 33.1 Å². The number of hydrogen-bond donors (Lipinski definition) is 0. The standard InChI is InChI=1S/C17H27N5O/c1-14(2)12-22-11-10-21(13-16(22)23)15-6-7-18-17(19-15)20-8-4-3-5-9-20/h6-7,14H,3-5,8-13H2,1-2H3. The Morgan fingerprint density at radius 2 is 1.87 bits per heavy atom. The predicted octanol–water partition coefficient (Wildman–Crippen LogP) is 1.77. The van der Waals surface area contributed by atoms with Crippen LogP contribution in [0.3, 0.4) is 0 Å². The minimum Gasteiger partial charge on any atom is -0.345 e. The third-order valence-corrected chi connectivity index (χ3v) is 4.50. The maximum Gasteiger partial charge on any atom is 0.242 e. The van der Waals surface area contributed by atoms with Gasteiger partial charge in [0.05, 0.1) is 6.54 Å². The molecule has 6 heteroatoms. The van der Waals surface area contributed by atoms with Crippen LogP contribution in [0, 0.1) is 5.92 Å². The number of aromatic nitrogens is 2. The van der Waals surface area contributed by atoms with Crippen LogP contribution in [0.25, 0.3) is 0 Å². The number of hydrogen-bond acceptors (Lipinski definition) is 5. The molecule has 2 saturated heterocycles. The lowest BCUT2D eigenvalue weighted by Crippen LogP contribution is -2.51. The van der Waals surface area contributed by atoms with E-state index in [0.29, 0.717) is 12.5 Å². The van der Waals surface area contributed by atoms with E-state index in [4.69, 9.17) is 4.98 Å². The molecule has 0 bridgehead atoms. The monoisotopic (exact) mass is 317 g/mol. The van der Waals surface area contributed by atoms with Crippen LogP contribution < -0.4 is 9.80 Å². The lowest BCUT2D eigenvalue weighted by atomic mass is 10.1. The van der Waals surface area contributed by atoms with Gasteiger partial charge in [-0.05, 0) is 31.2 Å². The molecule has 6 nitrogen and oxygen atoms in total. The van der Waals surface area contributed by atoms with E-state index in [1.807, 2.05) is 17.2 Å². The number of anilines is 2. The summed E-state index contributed by atoms with van der Waals surface area (Å²) in [6, 6.07) is 1.92. The number of rotatable bonds is 4. The van der Waals surface area contributed by atoms with Gasteiger partial charge in [-0.15, -0.1) is 0 Å². The average molecular weight is 317 g/mol. The molecule has 2 aliphatic rings. The van der Waals surface area contributed by atoms with Crippen LogP contribution in [0.5, 0.6) is 0 Å². The first kappa shape index (κ1) is 16.0. The Morgan fingerprint density at radius 3 is 2.57 bits per heavy atom. The fraction of sp³-hybridized carbons (Fsp3) is 0.706. The van der Waals surface area contributed by atoms with Crippen LogP contribution in [-0.2, 0) is 4.79 Å². The van der Waals surface area contributed by atoms with Crippen molar-refractivity contribution in [1.82, 2.24) is 14.9 Å². The molecule has 23 heavy (non-hydrogen) atoms. The lowest BCUT2D eigenvalue weighted by molar-refractivity contribution is -0.131. The van der Waals surface area contributed by atoms with Crippen molar-refractivity contribution in [1.29, 1.82) is 0 Å². The molecule has 2 fully saturated rings. The van der Waals surface area contributed by atoms with Crippen molar-refractivity contribution in [3.8, 4) is 0 Å². The molecule has 0 aromatic carbocycles. The first-order chi connectivity index (χ1) is 11.1. The summed E-state index contributed by atoms with van der Waals surface area (Å²) in [6.45, 7) is 9.24. The highest BCUT2D eigenvalue weighted by Gasteiger charge is 2.25. The van der Waals surface area contributed by atoms with Crippen LogP contribution in [0.2, 0.25) is 0 Å². The van der Waals surface area contributed by atoms with Gasteiger partial charge in [0.15, 0.2) is 0 Å². The highest BCUT2D eigenvalue weighted by Crippen LogP contribution is 2.20. The van der Waals surface area contributed by atoms with Crippen molar-refractivity contribution in [2.24, 2.45) is 5.92 Å². The number of piperazine rings is 1. The zero-order valence-corrected chi connectivity index (χ0v) is 14.2. The van der Waals surface area contributed by atoms with Crippen molar-refractivity contribution >= 4 is 17.7 Å². The zero-order chi connectivity index (χ0) is 16.2. The quantitative estimate of drug-likeness (QED) is 0.847. The highest BCUT2D eigenvalue weighted by atomic mass is 16.2. The molecule has 0 unspecified atom stereocenters. The molecule has 3 rings (SSSR count). The highest BCUT2D eigenvalue weighted by molar-refractivity contribution is 5.82. The molecule has 2 aliphatic heterocycles. The van der Waals surface area contributed by atoms with Gasteiger partial charge in [0.1, 0.15) is 5.82 Å². The van der Waals surface area contributed by atoms with Crippen LogP contribution >= 0.6 is 0 Å². The normalized spacial score (nSPS) is 19.6. The molecule has 1 amide bonds. The summed E-state index contributed by atoms with van der Waals surface area (Å²) in [5.41, 5.74) is 0. The summed E-state index contributed by atoms with van der Waals surface area (Å²) >= 11 is 0. The van der Waals surface area contributed by atoms with Gasteiger partial charge in [-0.3, -0.25) is 4.79 Å². The second kappa shape index (κ2) is 7.15. The molecule has 3 heterocycles. The van der Waals surface area contributed by atoms with E-state index in [1.54, 1.807) is 0 Å². The average Bonchev–Trinajstić information content (AvgIpc) is 2.57. The summed E-state index contributed by atoms with van der Waals surface area (Å²) in [4.78, 5) is 27.8. The molecule has 0 saturated carbocycles. The molecule has 0 radical (unpaired) electrons. The third-order valence-electron chi connectivity index (χ3n) is 4.50. The fourth-order valence-corrected chi connectivity index (χ4v) is 3.30. The topological polar surface area (TPSA) is 52.6 Å². The van der Waals surface area contributed by atoms with Gasteiger partial charge in [0.2, 0.25) is 11.9 Å². The van der Waals surface area contributed by atoms with E-state index >= 15 is 0 Å². The van der Waals surface area contributed by atoms with Gasteiger partial charge in [0, 0.05) is 38.9 Å². The van der Waals surface area contributed by atoms with Gasteiger partial charge in [-0.25, -0.2) is 4.98 Å². The van der Waals surface area contributed by atoms with E-state index in [-0.39, 0.29) is 5.91 Å². The second-order valence-corrected chi connectivity index (χ2v) is 6.92. The Balaban J connectivity index is 1.67. The number of nitrogens with zero attached hydrogens (tertiary/aromatic N) is 5. The van der Waals surface area contributed by atoms with Gasteiger partial charge in [0.25, 0.3) is 0 Å². The lowest BCUT2D eigenvalue weighted by Gasteiger charge is -2.36. The van der Waals surface area contributed by atoms with E-state index < -0.39 is 0 Å². The molecular formula is C17H27N5O. The molecular weight excluding hydrogens is 290 g/mol. The third kappa shape index (κ3) is 3.92. The number of carbonyl (C=O) groups excluding carboxylic acids is 1. The first-order valence-corrected chi connectivity index (χ1v) is 8.74. The largest absolute Gasteiger partial charge is 0.345 e. The number of carbonyl (C=O) groups is 1. The zero-order valence-electron chi connectivity index (χ0n) is 14.2. The maximum atomic E-state index is 12.3. The predicted molar refractivity (Wildman–Crippen MR) is 91.7 cm³/mol. The first-order valence-electron chi connectivity index (χ1n) is 8.74. The second-order valence-electron chi connectivity index (χ2n) is 6.92. The van der Waals surface area contributed by atoms with Gasteiger partial charge in [-0.2, -0.15) is 4.98 Å². The fourth-order valence-electron chi connectivity index (χ4n) is 3.30. The summed E-state index contributed by atoms with van der Waals surface area (Å²) < 4.78 is 0. The van der Waals surface area contributed by atoms with Crippen LogP contribution in [0.4, 0.5) is 11.8 Å². The summed E-state index contributed by atoms with van der Waals surface area (Å²) in [5.74, 6) is 2.38. The van der Waals surface area contributed by atoms with Gasteiger partial charge in [-0.1, -0.05) is 13.8 Å². The Kier molecular flexibility index (Phi) is 4.98. The maximum absolute atomic E-state index is 12.3. The van der Waals surface area contributed by atoms with E-state index in [2.05, 4.69) is 28.6 Å². The van der Waals surface area contributed by atoms with Crippen molar-refractivity contribution in [3.05, 3.63) is 12.3 Å². The minimum absolute atomic E-state index is 0.197. The van der Waals surface area contributed by atoms with Gasteiger partial charge >= 0.3 is 0 Å². The van der Waals surface area contributed by atoms with Crippen molar-refractivity contribution in [3.63, 3.8) is 0 Å². The Labute approximate surface area is 138 Å². The summed E-state index contributed by atoms with van der Waals surface area (Å²) in [6.07, 6.45) is 5.53.